The lowest BCUT2D eigenvalue weighted by atomic mass is 9.99. The minimum atomic E-state index is -0.921. The van der Waals surface area contributed by atoms with Crippen molar-refractivity contribution in [3.05, 3.63) is 54.2 Å². The molecule has 18 heavy (non-hydrogen) atoms. The highest BCUT2D eigenvalue weighted by atomic mass is 16.4. The summed E-state index contributed by atoms with van der Waals surface area (Å²) >= 11 is 0. The quantitative estimate of drug-likeness (QED) is 0.721. The number of rotatable bonds is 2. The first-order valence-electron chi connectivity index (χ1n) is 5.51. The first kappa shape index (κ1) is 10.5. The molecule has 0 aliphatic heterocycles. The van der Waals surface area contributed by atoms with Gasteiger partial charge in [0, 0.05) is 5.39 Å². The standard InChI is InChI=1S/C14H10N2O2/c17-14(18)12-4-2-1-3-11(12)9-5-6-10-8-15-16-13(10)7-9/h1-8H,(H,15,16)(H,17,18). The largest absolute Gasteiger partial charge is 0.478 e. The minimum Gasteiger partial charge on any atom is -0.478 e. The van der Waals surface area contributed by atoms with Crippen LogP contribution in [0.4, 0.5) is 0 Å². The number of carboxylic acid groups (broad SMARTS) is 1. The highest BCUT2D eigenvalue weighted by Gasteiger charge is 2.11. The molecule has 1 aromatic heterocycles. The lowest BCUT2D eigenvalue weighted by Gasteiger charge is -2.05. The van der Waals surface area contributed by atoms with Gasteiger partial charge in [-0.1, -0.05) is 30.3 Å². The molecule has 0 radical (unpaired) electrons. The summed E-state index contributed by atoms with van der Waals surface area (Å²) in [5.41, 5.74) is 2.77. The van der Waals surface area contributed by atoms with E-state index in [0.29, 0.717) is 11.1 Å². The number of aromatic amines is 1. The Bertz CT molecular complexity index is 731. The molecule has 0 saturated heterocycles. The highest BCUT2D eigenvalue weighted by Crippen LogP contribution is 2.26. The normalized spacial score (nSPS) is 10.7. The fourth-order valence-corrected chi connectivity index (χ4v) is 2.03. The van der Waals surface area contributed by atoms with E-state index in [-0.39, 0.29) is 0 Å². The summed E-state index contributed by atoms with van der Waals surface area (Å²) in [5, 5.41) is 17.0. The van der Waals surface area contributed by atoms with Gasteiger partial charge in [0.25, 0.3) is 0 Å². The summed E-state index contributed by atoms with van der Waals surface area (Å²) in [7, 11) is 0. The van der Waals surface area contributed by atoms with E-state index in [9.17, 15) is 9.90 Å². The van der Waals surface area contributed by atoms with Gasteiger partial charge in [0.05, 0.1) is 17.3 Å². The van der Waals surface area contributed by atoms with Crippen LogP contribution >= 0.6 is 0 Å². The van der Waals surface area contributed by atoms with Crippen molar-refractivity contribution in [3.63, 3.8) is 0 Å². The average molecular weight is 238 g/mol. The predicted molar refractivity (Wildman–Crippen MR) is 68.5 cm³/mol. The van der Waals surface area contributed by atoms with Crippen LogP contribution in [0.25, 0.3) is 22.0 Å². The van der Waals surface area contributed by atoms with Crippen LogP contribution in [0.3, 0.4) is 0 Å². The van der Waals surface area contributed by atoms with E-state index in [4.69, 9.17) is 0 Å². The molecule has 0 amide bonds. The zero-order valence-corrected chi connectivity index (χ0v) is 9.42. The number of nitrogens with zero attached hydrogens (tertiary/aromatic N) is 1. The van der Waals surface area contributed by atoms with Gasteiger partial charge in [-0.05, 0) is 23.3 Å². The van der Waals surface area contributed by atoms with Crippen molar-refractivity contribution in [2.45, 2.75) is 0 Å². The molecule has 0 bridgehead atoms. The van der Waals surface area contributed by atoms with E-state index < -0.39 is 5.97 Å². The van der Waals surface area contributed by atoms with Crippen LogP contribution in [0.2, 0.25) is 0 Å². The van der Waals surface area contributed by atoms with Crippen LogP contribution in [-0.2, 0) is 0 Å². The second-order valence-electron chi connectivity index (χ2n) is 4.02. The fraction of sp³-hybridized carbons (Fsp3) is 0. The molecule has 0 fully saturated rings. The number of aromatic nitrogens is 2. The van der Waals surface area contributed by atoms with Crippen molar-refractivity contribution in [2.24, 2.45) is 0 Å². The lowest BCUT2D eigenvalue weighted by molar-refractivity contribution is 0.0697. The van der Waals surface area contributed by atoms with Gasteiger partial charge in [0.15, 0.2) is 0 Å². The van der Waals surface area contributed by atoms with Gasteiger partial charge in [0.2, 0.25) is 0 Å². The van der Waals surface area contributed by atoms with Crippen LogP contribution in [0, 0.1) is 0 Å². The van der Waals surface area contributed by atoms with Gasteiger partial charge in [-0.2, -0.15) is 5.10 Å². The molecule has 2 aromatic carbocycles. The van der Waals surface area contributed by atoms with Crippen molar-refractivity contribution in [1.29, 1.82) is 0 Å². The summed E-state index contributed by atoms with van der Waals surface area (Å²) in [6, 6.07) is 12.7. The lowest BCUT2D eigenvalue weighted by Crippen LogP contribution is -1.98. The number of benzene rings is 2. The molecule has 4 nitrogen and oxygen atoms in total. The predicted octanol–water partition coefficient (Wildman–Crippen LogP) is 2.93. The topological polar surface area (TPSA) is 66.0 Å². The minimum absolute atomic E-state index is 0.302. The molecule has 4 heteroatoms. The summed E-state index contributed by atoms with van der Waals surface area (Å²) in [6.45, 7) is 0. The maximum absolute atomic E-state index is 11.2. The molecule has 0 aliphatic carbocycles. The zero-order valence-electron chi connectivity index (χ0n) is 9.42. The monoisotopic (exact) mass is 238 g/mol. The van der Waals surface area contributed by atoms with Crippen LogP contribution in [0.15, 0.2) is 48.7 Å². The van der Waals surface area contributed by atoms with Gasteiger partial charge in [-0.3, -0.25) is 5.10 Å². The number of hydrogen-bond donors (Lipinski definition) is 2. The Morgan fingerprint density at radius 1 is 1.17 bits per heavy atom. The molecule has 2 N–H and O–H groups in total. The van der Waals surface area contributed by atoms with Crippen LogP contribution in [0.1, 0.15) is 10.4 Å². The molecule has 0 aliphatic rings. The number of hydrogen-bond acceptors (Lipinski definition) is 2. The van der Waals surface area contributed by atoms with Crippen molar-refractivity contribution in [1.82, 2.24) is 10.2 Å². The Labute approximate surface area is 103 Å². The first-order chi connectivity index (χ1) is 8.75. The second-order valence-corrected chi connectivity index (χ2v) is 4.02. The van der Waals surface area contributed by atoms with E-state index in [1.807, 2.05) is 24.3 Å². The van der Waals surface area contributed by atoms with Crippen molar-refractivity contribution in [2.75, 3.05) is 0 Å². The third kappa shape index (κ3) is 1.64. The van der Waals surface area contributed by atoms with E-state index in [2.05, 4.69) is 10.2 Å². The van der Waals surface area contributed by atoms with E-state index in [1.165, 1.54) is 0 Å². The molecule has 0 saturated carbocycles. The van der Waals surface area contributed by atoms with Gasteiger partial charge >= 0.3 is 5.97 Å². The van der Waals surface area contributed by atoms with E-state index >= 15 is 0 Å². The Kier molecular flexibility index (Phi) is 2.34. The molecular weight excluding hydrogens is 228 g/mol. The van der Waals surface area contributed by atoms with Crippen molar-refractivity contribution >= 4 is 16.9 Å². The SMILES string of the molecule is O=C(O)c1ccccc1-c1ccc2cn[nH]c2c1. The Hall–Kier alpha value is -2.62. The molecule has 3 rings (SSSR count). The number of nitrogens with one attached hydrogen (secondary N) is 1. The third-order valence-corrected chi connectivity index (χ3v) is 2.91. The smallest absolute Gasteiger partial charge is 0.336 e. The number of H-pyrrole nitrogens is 1. The first-order valence-corrected chi connectivity index (χ1v) is 5.51. The number of carboxylic acids is 1. The van der Waals surface area contributed by atoms with Gasteiger partial charge < -0.3 is 5.11 Å². The number of aromatic carboxylic acids is 1. The maximum atomic E-state index is 11.2. The molecule has 3 aromatic rings. The van der Waals surface area contributed by atoms with Gasteiger partial charge in [-0.25, -0.2) is 4.79 Å². The maximum Gasteiger partial charge on any atom is 0.336 e. The second kappa shape index (κ2) is 4.00. The van der Waals surface area contributed by atoms with Crippen molar-refractivity contribution < 1.29 is 9.90 Å². The van der Waals surface area contributed by atoms with E-state index in [0.717, 1.165) is 16.5 Å². The van der Waals surface area contributed by atoms with Gasteiger partial charge in [-0.15, -0.1) is 0 Å². The molecule has 88 valence electrons. The van der Waals surface area contributed by atoms with Crippen LogP contribution in [-0.4, -0.2) is 21.3 Å². The third-order valence-electron chi connectivity index (χ3n) is 2.91. The number of carbonyl (C=O) groups is 1. The Morgan fingerprint density at radius 3 is 2.83 bits per heavy atom. The number of fused-ring (bicyclic) bond motifs is 1. The molecular formula is C14H10N2O2. The Morgan fingerprint density at radius 2 is 2.00 bits per heavy atom. The molecule has 0 spiro atoms. The van der Waals surface area contributed by atoms with Crippen LogP contribution < -0.4 is 0 Å². The summed E-state index contributed by atoms with van der Waals surface area (Å²) in [5.74, 6) is -0.921. The van der Waals surface area contributed by atoms with Crippen LogP contribution in [0.5, 0.6) is 0 Å². The summed E-state index contributed by atoms with van der Waals surface area (Å²) in [6.07, 6.45) is 1.74. The summed E-state index contributed by atoms with van der Waals surface area (Å²) in [4.78, 5) is 11.2. The molecule has 0 unspecified atom stereocenters. The molecule has 0 atom stereocenters. The molecule has 1 heterocycles. The average Bonchev–Trinajstić information content (AvgIpc) is 2.85. The van der Waals surface area contributed by atoms with E-state index in [1.54, 1.807) is 24.4 Å². The highest BCUT2D eigenvalue weighted by molar-refractivity contribution is 5.97. The zero-order chi connectivity index (χ0) is 12.5. The van der Waals surface area contributed by atoms with Gasteiger partial charge in [0.1, 0.15) is 0 Å². The fourth-order valence-electron chi connectivity index (χ4n) is 2.03. The van der Waals surface area contributed by atoms with Crippen molar-refractivity contribution in [3.8, 4) is 11.1 Å². The summed E-state index contributed by atoms with van der Waals surface area (Å²) < 4.78 is 0. The Balaban J connectivity index is 2.22.